The van der Waals surface area contributed by atoms with Crippen molar-refractivity contribution in [3.63, 3.8) is 0 Å². The number of rotatable bonds is 5. The van der Waals surface area contributed by atoms with Crippen LogP contribution in [0.5, 0.6) is 0 Å². The number of hydrogen-bond acceptors (Lipinski definition) is 4. The van der Waals surface area contributed by atoms with Crippen molar-refractivity contribution in [3.8, 4) is 0 Å². The third kappa shape index (κ3) is 2.72. The van der Waals surface area contributed by atoms with Gasteiger partial charge in [0.05, 0.1) is 0 Å². The van der Waals surface area contributed by atoms with Gasteiger partial charge in [-0.05, 0) is 24.8 Å². The van der Waals surface area contributed by atoms with E-state index in [0.29, 0.717) is 6.42 Å². The number of aromatic nitrogens is 2. The molecule has 17 heavy (non-hydrogen) atoms. The van der Waals surface area contributed by atoms with Gasteiger partial charge < -0.3 is 10.0 Å². The van der Waals surface area contributed by atoms with E-state index in [2.05, 4.69) is 14.9 Å². The van der Waals surface area contributed by atoms with Crippen molar-refractivity contribution in [3.05, 3.63) is 17.5 Å². The highest BCUT2D eigenvalue weighted by atomic mass is 16.4. The third-order valence-electron chi connectivity index (χ3n) is 3.02. The molecule has 0 atom stereocenters. The summed E-state index contributed by atoms with van der Waals surface area (Å²) in [4.78, 5) is 21.5. The molecule has 0 aliphatic carbocycles. The molecule has 0 radical (unpaired) electrons. The van der Waals surface area contributed by atoms with Gasteiger partial charge in [-0.2, -0.15) is 0 Å². The average Bonchev–Trinajstić information content (AvgIpc) is 2.24. The summed E-state index contributed by atoms with van der Waals surface area (Å²) >= 11 is 0. The summed E-state index contributed by atoms with van der Waals surface area (Å²) < 4.78 is 0. The fourth-order valence-corrected chi connectivity index (χ4v) is 1.86. The van der Waals surface area contributed by atoms with Crippen LogP contribution in [-0.4, -0.2) is 34.1 Å². The zero-order valence-electron chi connectivity index (χ0n) is 10.0. The topological polar surface area (TPSA) is 66.3 Å². The number of aliphatic carboxylic acids is 1. The van der Waals surface area contributed by atoms with Gasteiger partial charge in [0.25, 0.3) is 0 Å². The second-order valence-corrected chi connectivity index (χ2v) is 4.23. The van der Waals surface area contributed by atoms with Crippen LogP contribution in [0, 0.1) is 0 Å². The molecule has 1 aromatic heterocycles. The lowest BCUT2D eigenvalue weighted by Gasteiger charge is -2.31. The van der Waals surface area contributed by atoms with Gasteiger partial charge in [0, 0.05) is 31.4 Å². The molecule has 0 bridgehead atoms. The Bertz CT molecular complexity index is 416. The Morgan fingerprint density at radius 1 is 1.53 bits per heavy atom. The first kappa shape index (κ1) is 11.8. The van der Waals surface area contributed by atoms with Gasteiger partial charge in [0.15, 0.2) is 0 Å². The minimum Gasteiger partial charge on any atom is -0.481 e. The first-order valence-electron chi connectivity index (χ1n) is 6.02. The lowest BCUT2D eigenvalue weighted by molar-refractivity contribution is -0.136. The predicted molar refractivity (Wildman–Crippen MR) is 64.2 cm³/mol. The van der Waals surface area contributed by atoms with Crippen LogP contribution in [0.1, 0.15) is 31.0 Å². The number of carboxylic acid groups (broad SMARTS) is 1. The normalized spacial score (nSPS) is 14.5. The van der Waals surface area contributed by atoms with Gasteiger partial charge in [0.2, 0.25) is 5.95 Å². The van der Waals surface area contributed by atoms with Crippen molar-refractivity contribution in [1.29, 1.82) is 0 Å². The van der Waals surface area contributed by atoms with Crippen LogP contribution in [0.4, 0.5) is 5.95 Å². The summed E-state index contributed by atoms with van der Waals surface area (Å²) in [5.74, 6) is 0.00560. The lowest BCUT2D eigenvalue weighted by Crippen LogP contribution is -2.38. The monoisotopic (exact) mass is 235 g/mol. The summed E-state index contributed by atoms with van der Waals surface area (Å²) in [6, 6.07) is 0. The van der Waals surface area contributed by atoms with Crippen LogP contribution in [-0.2, 0) is 17.6 Å². The van der Waals surface area contributed by atoms with E-state index < -0.39 is 5.97 Å². The molecule has 1 aromatic rings. The Kier molecular flexibility index (Phi) is 3.56. The molecule has 1 aliphatic heterocycles. The SMILES string of the molecule is CCc1nc(N2CCC2)ncc1CCC(=O)O. The minimum absolute atomic E-state index is 0.138. The molecule has 5 nitrogen and oxygen atoms in total. The highest BCUT2D eigenvalue weighted by Gasteiger charge is 2.18. The van der Waals surface area contributed by atoms with Crippen LogP contribution < -0.4 is 4.90 Å². The Morgan fingerprint density at radius 3 is 2.82 bits per heavy atom. The Labute approximate surface area is 100 Å². The van der Waals surface area contributed by atoms with Gasteiger partial charge >= 0.3 is 5.97 Å². The number of aryl methyl sites for hydroxylation is 2. The van der Waals surface area contributed by atoms with E-state index in [0.717, 1.165) is 36.7 Å². The van der Waals surface area contributed by atoms with Crippen LogP contribution in [0.25, 0.3) is 0 Å². The maximum absolute atomic E-state index is 10.6. The number of anilines is 1. The smallest absolute Gasteiger partial charge is 0.303 e. The van der Waals surface area contributed by atoms with E-state index in [1.54, 1.807) is 6.20 Å². The predicted octanol–water partition coefficient (Wildman–Crippen LogP) is 1.27. The zero-order chi connectivity index (χ0) is 12.3. The van der Waals surface area contributed by atoms with Crippen LogP contribution >= 0.6 is 0 Å². The maximum atomic E-state index is 10.6. The maximum Gasteiger partial charge on any atom is 0.303 e. The van der Waals surface area contributed by atoms with Gasteiger partial charge in [0.1, 0.15) is 0 Å². The molecule has 1 N–H and O–H groups in total. The molecular formula is C12H17N3O2. The Balaban J connectivity index is 2.12. The molecule has 1 saturated heterocycles. The molecular weight excluding hydrogens is 218 g/mol. The average molecular weight is 235 g/mol. The summed E-state index contributed by atoms with van der Waals surface area (Å²) in [6.45, 7) is 4.09. The number of hydrogen-bond donors (Lipinski definition) is 1. The van der Waals surface area contributed by atoms with Gasteiger partial charge in [-0.1, -0.05) is 6.92 Å². The van der Waals surface area contributed by atoms with Crippen molar-refractivity contribution in [2.75, 3.05) is 18.0 Å². The fraction of sp³-hybridized carbons (Fsp3) is 0.583. The number of carbonyl (C=O) groups is 1. The second-order valence-electron chi connectivity index (χ2n) is 4.23. The van der Waals surface area contributed by atoms with E-state index in [-0.39, 0.29) is 6.42 Å². The molecule has 92 valence electrons. The van der Waals surface area contributed by atoms with Crippen molar-refractivity contribution >= 4 is 11.9 Å². The molecule has 1 fully saturated rings. The number of nitrogens with zero attached hydrogens (tertiary/aromatic N) is 3. The highest BCUT2D eigenvalue weighted by molar-refractivity contribution is 5.67. The molecule has 0 spiro atoms. The fourth-order valence-electron chi connectivity index (χ4n) is 1.86. The lowest BCUT2D eigenvalue weighted by atomic mass is 10.1. The first-order chi connectivity index (χ1) is 8.20. The van der Waals surface area contributed by atoms with E-state index in [4.69, 9.17) is 5.11 Å². The summed E-state index contributed by atoms with van der Waals surface area (Å²) in [5, 5.41) is 8.68. The number of carboxylic acids is 1. The largest absolute Gasteiger partial charge is 0.481 e. The Morgan fingerprint density at radius 2 is 2.29 bits per heavy atom. The van der Waals surface area contributed by atoms with Crippen LogP contribution in [0.15, 0.2) is 6.20 Å². The van der Waals surface area contributed by atoms with Crippen molar-refractivity contribution < 1.29 is 9.90 Å². The van der Waals surface area contributed by atoms with E-state index >= 15 is 0 Å². The summed E-state index contributed by atoms with van der Waals surface area (Å²) in [7, 11) is 0. The van der Waals surface area contributed by atoms with E-state index in [1.807, 2.05) is 6.92 Å². The summed E-state index contributed by atoms with van der Waals surface area (Å²) in [6.07, 6.45) is 4.45. The quantitative estimate of drug-likeness (QED) is 0.832. The second kappa shape index (κ2) is 5.12. The molecule has 5 heteroatoms. The first-order valence-corrected chi connectivity index (χ1v) is 6.02. The van der Waals surface area contributed by atoms with Crippen molar-refractivity contribution in [2.24, 2.45) is 0 Å². The Hall–Kier alpha value is -1.65. The minimum atomic E-state index is -0.779. The van der Waals surface area contributed by atoms with Gasteiger partial charge in [-0.3, -0.25) is 4.79 Å². The van der Waals surface area contributed by atoms with Gasteiger partial charge in [-0.25, -0.2) is 9.97 Å². The molecule has 1 aliphatic rings. The van der Waals surface area contributed by atoms with E-state index in [1.165, 1.54) is 6.42 Å². The molecule has 0 saturated carbocycles. The third-order valence-corrected chi connectivity index (χ3v) is 3.02. The van der Waals surface area contributed by atoms with Crippen LogP contribution in [0.3, 0.4) is 0 Å². The molecule has 2 rings (SSSR count). The van der Waals surface area contributed by atoms with Crippen molar-refractivity contribution in [1.82, 2.24) is 9.97 Å². The van der Waals surface area contributed by atoms with Crippen molar-refractivity contribution in [2.45, 2.75) is 32.6 Å². The zero-order valence-corrected chi connectivity index (χ0v) is 10.0. The van der Waals surface area contributed by atoms with Gasteiger partial charge in [-0.15, -0.1) is 0 Å². The van der Waals surface area contributed by atoms with Crippen LogP contribution in [0.2, 0.25) is 0 Å². The van der Waals surface area contributed by atoms with E-state index in [9.17, 15) is 4.79 Å². The summed E-state index contributed by atoms with van der Waals surface area (Å²) in [5.41, 5.74) is 1.93. The molecule has 0 unspecified atom stereocenters. The highest BCUT2D eigenvalue weighted by Crippen LogP contribution is 2.18. The standard InChI is InChI=1S/C12H17N3O2/c1-2-10-9(4-5-11(16)17)8-13-12(14-10)15-6-3-7-15/h8H,2-7H2,1H3,(H,16,17). The molecule has 0 aromatic carbocycles. The molecule has 2 heterocycles. The molecule has 0 amide bonds.